The minimum Gasteiger partial charge on any atom is -0.385 e. The molecule has 0 bridgehead atoms. The molecule has 1 fully saturated rings. The maximum Gasteiger partial charge on any atom is 0.129 e. The SMILES string of the molecule is CC1CC(O)(c2cc(Cl)cnc2N)CCN1C. The maximum atomic E-state index is 10.7. The van der Waals surface area contributed by atoms with Crippen molar-refractivity contribution in [1.82, 2.24) is 9.88 Å². The van der Waals surface area contributed by atoms with Gasteiger partial charge in [-0.1, -0.05) is 11.6 Å². The second kappa shape index (κ2) is 4.44. The van der Waals surface area contributed by atoms with E-state index in [9.17, 15) is 5.11 Å². The van der Waals surface area contributed by atoms with Gasteiger partial charge in [0.15, 0.2) is 0 Å². The summed E-state index contributed by atoms with van der Waals surface area (Å²) in [6.07, 6.45) is 2.80. The Kier molecular flexibility index (Phi) is 3.30. The van der Waals surface area contributed by atoms with Gasteiger partial charge in [0, 0.05) is 24.3 Å². The fourth-order valence-electron chi connectivity index (χ4n) is 2.40. The predicted molar refractivity (Wildman–Crippen MR) is 68.9 cm³/mol. The van der Waals surface area contributed by atoms with Crippen molar-refractivity contribution in [2.45, 2.75) is 31.4 Å². The Hall–Kier alpha value is -0.840. The Morgan fingerprint density at radius 3 is 3.00 bits per heavy atom. The Balaban J connectivity index is 2.35. The zero-order chi connectivity index (χ0) is 12.6. The van der Waals surface area contributed by atoms with Gasteiger partial charge in [0.05, 0.1) is 10.6 Å². The van der Waals surface area contributed by atoms with E-state index in [1.807, 2.05) is 0 Å². The lowest BCUT2D eigenvalue weighted by Gasteiger charge is -2.41. The Bertz CT molecular complexity index is 426. The Morgan fingerprint density at radius 1 is 1.65 bits per heavy atom. The normalized spacial score (nSPS) is 30.5. The van der Waals surface area contributed by atoms with E-state index in [1.54, 1.807) is 6.07 Å². The van der Waals surface area contributed by atoms with E-state index >= 15 is 0 Å². The van der Waals surface area contributed by atoms with Crippen molar-refractivity contribution < 1.29 is 5.11 Å². The second-order valence-corrected chi connectivity index (χ2v) is 5.34. The number of nitrogen functional groups attached to an aromatic ring is 1. The summed E-state index contributed by atoms with van der Waals surface area (Å²) in [7, 11) is 2.06. The van der Waals surface area contributed by atoms with Gasteiger partial charge in [0.2, 0.25) is 0 Å². The molecule has 0 aliphatic carbocycles. The van der Waals surface area contributed by atoms with Crippen LogP contribution >= 0.6 is 11.6 Å². The van der Waals surface area contributed by atoms with Crippen molar-refractivity contribution in [3.63, 3.8) is 0 Å². The molecule has 2 heterocycles. The lowest BCUT2D eigenvalue weighted by Crippen LogP contribution is -2.46. The fraction of sp³-hybridized carbons (Fsp3) is 0.583. The second-order valence-electron chi connectivity index (χ2n) is 4.90. The minimum atomic E-state index is -0.909. The first-order valence-corrected chi connectivity index (χ1v) is 6.14. The molecular weight excluding hydrogens is 238 g/mol. The standard InChI is InChI=1S/C12H18ClN3O/c1-8-6-12(17,3-4-16(8)2)10-5-9(13)7-15-11(10)14/h5,7-8,17H,3-4,6H2,1-2H3,(H2,14,15). The monoisotopic (exact) mass is 255 g/mol. The average Bonchev–Trinajstić information content (AvgIpc) is 2.27. The number of hydrogen-bond donors (Lipinski definition) is 2. The van der Waals surface area contributed by atoms with E-state index in [-0.39, 0.29) is 0 Å². The van der Waals surface area contributed by atoms with Crippen molar-refractivity contribution in [2.75, 3.05) is 19.3 Å². The molecule has 2 unspecified atom stereocenters. The van der Waals surface area contributed by atoms with Gasteiger partial charge >= 0.3 is 0 Å². The first-order valence-electron chi connectivity index (χ1n) is 5.76. The highest BCUT2D eigenvalue weighted by molar-refractivity contribution is 6.30. The number of pyridine rings is 1. The van der Waals surface area contributed by atoms with Gasteiger partial charge in [-0.15, -0.1) is 0 Å². The van der Waals surface area contributed by atoms with Crippen LogP contribution in [0.4, 0.5) is 5.82 Å². The van der Waals surface area contributed by atoms with E-state index in [4.69, 9.17) is 17.3 Å². The number of nitrogens with two attached hydrogens (primary N) is 1. The minimum absolute atomic E-state index is 0.312. The molecule has 0 spiro atoms. The number of nitrogens with zero attached hydrogens (tertiary/aromatic N) is 2. The zero-order valence-electron chi connectivity index (χ0n) is 10.2. The van der Waals surface area contributed by atoms with Crippen LogP contribution in [0.2, 0.25) is 5.02 Å². The summed E-state index contributed by atoms with van der Waals surface area (Å²) in [4.78, 5) is 6.24. The molecule has 1 aliphatic rings. The Labute approximate surface area is 106 Å². The maximum absolute atomic E-state index is 10.7. The van der Waals surface area contributed by atoms with Crippen molar-refractivity contribution in [3.05, 3.63) is 22.8 Å². The van der Waals surface area contributed by atoms with Gasteiger partial charge in [-0.05, 0) is 32.9 Å². The summed E-state index contributed by atoms with van der Waals surface area (Å²) in [6.45, 7) is 2.93. The third-order valence-electron chi connectivity index (χ3n) is 3.65. The van der Waals surface area contributed by atoms with Gasteiger partial charge in [-0.2, -0.15) is 0 Å². The van der Waals surface area contributed by atoms with E-state index in [0.29, 0.717) is 35.3 Å². The highest BCUT2D eigenvalue weighted by Gasteiger charge is 2.38. The van der Waals surface area contributed by atoms with Crippen molar-refractivity contribution in [3.8, 4) is 0 Å². The van der Waals surface area contributed by atoms with Crippen molar-refractivity contribution in [2.24, 2.45) is 0 Å². The molecule has 2 atom stereocenters. The summed E-state index contributed by atoms with van der Waals surface area (Å²) >= 11 is 5.92. The van der Waals surface area contributed by atoms with Crippen LogP contribution in [0.3, 0.4) is 0 Å². The molecule has 2 rings (SSSR count). The molecule has 0 saturated carbocycles. The van der Waals surface area contributed by atoms with Crippen LogP contribution in [-0.4, -0.2) is 34.6 Å². The van der Waals surface area contributed by atoms with Crippen LogP contribution in [0.5, 0.6) is 0 Å². The molecule has 0 amide bonds. The third-order valence-corrected chi connectivity index (χ3v) is 3.86. The molecule has 1 aliphatic heterocycles. The number of hydrogen-bond acceptors (Lipinski definition) is 4. The first kappa shape index (κ1) is 12.6. The number of piperidine rings is 1. The molecule has 3 N–H and O–H groups in total. The summed E-state index contributed by atoms with van der Waals surface area (Å²) in [6, 6.07) is 2.04. The van der Waals surface area contributed by atoms with Gasteiger partial charge in [-0.3, -0.25) is 0 Å². The summed E-state index contributed by atoms with van der Waals surface area (Å²) in [5.74, 6) is 0.369. The number of likely N-dealkylation sites (tertiary alicyclic amines) is 1. The van der Waals surface area contributed by atoms with Crippen LogP contribution < -0.4 is 5.73 Å². The van der Waals surface area contributed by atoms with Gasteiger partial charge in [0.1, 0.15) is 5.82 Å². The Morgan fingerprint density at radius 2 is 2.35 bits per heavy atom. The predicted octanol–water partition coefficient (Wildman–Crippen LogP) is 1.62. The van der Waals surface area contributed by atoms with Crippen LogP contribution in [0.25, 0.3) is 0 Å². The molecule has 0 aromatic carbocycles. The third kappa shape index (κ3) is 2.39. The van der Waals surface area contributed by atoms with Crippen molar-refractivity contribution in [1.29, 1.82) is 0 Å². The van der Waals surface area contributed by atoms with Gasteiger partial charge in [-0.25, -0.2) is 4.98 Å². The van der Waals surface area contributed by atoms with E-state index < -0.39 is 5.60 Å². The number of aliphatic hydroxyl groups is 1. The highest BCUT2D eigenvalue weighted by atomic mass is 35.5. The molecule has 17 heavy (non-hydrogen) atoms. The first-order chi connectivity index (χ1) is 7.92. The van der Waals surface area contributed by atoms with Gasteiger partial charge < -0.3 is 15.7 Å². The van der Waals surface area contributed by atoms with Crippen LogP contribution in [0.15, 0.2) is 12.3 Å². The van der Waals surface area contributed by atoms with Crippen molar-refractivity contribution >= 4 is 17.4 Å². The number of aromatic nitrogens is 1. The smallest absolute Gasteiger partial charge is 0.129 e. The van der Waals surface area contributed by atoms with Crippen LogP contribution in [0, 0.1) is 0 Å². The molecule has 1 aromatic rings. The summed E-state index contributed by atoms with van der Waals surface area (Å²) in [5, 5.41) is 11.2. The van der Waals surface area contributed by atoms with E-state index in [1.165, 1.54) is 6.20 Å². The molecule has 1 aromatic heterocycles. The number of rotatable bonds is 1. The number of halogens is 1. The highest BCUT2D eigenvalue weighted by Crippen LogP contribution is 2.38. The molecule has 0 radical (unpaired) electrons. The largest absolute Gasteiger partial charge is 0.385 e. The quantitative estimate of drug-likeness (QED) is 0.801. The molecule has 4 nitrogen and oxygen atoms in total. The lowest BCUT2D eigenvalue weighted by atomic mass is 9.81. The average molecular weight is 256 g/mol. The summed E-state index contributed by atoms with van der Waals surface area (Å²) in [5.41, 5.74) is 5.59. The van der Waals surface area contributed by atoms with Crippen LogP contribution in [-0.2, 0) is 5.60 Å². The summed E-state index contributed by atoms with van der Waals surface area (Å²) < 4.78 is 0. The zero-order valence-corrected chi connectivity index (χ0v) is 10.9. The fourth-order valence-corrected chi connectivity index (χ4v) is 2.55. The van der Waals surface area contributed by atoms with E-state index in [2.05, 4.69) is 23.9 Å². The van der Waals surface area contributed by atoms with E-state index in [0.717, 1.165) is 6.54 Å². The van der Waals surface area contributed by atoms with Gasteiger partial charge in [0.25, 0.3) is 0 Å². The molecule has 5 heteroatoms. The molecule has 1 saturated heterocycles. The molecule has 94 valence electrons. The lowest BCUT2D eigenvalue weighted by molar-refractivity contribution is -0.0404. The number of anilines is 1. The molecular formula is C12H18ClN3O. The van der Waals surface area contributed by atoms with Crippen LogP contribution in [0.1, 0.15) is 25.3 Å². The topological polar surface area (TPSA) is 62.4 Å².